The normalized spacial score (nSPS) is 10.4. The van der Waals surface area contributed by atoms with Gasteiger partial charge in [-0.05, 0) is 36.4 Å². The third-order valence-electron chi connectivity index (χ3n) is 2.73. The highest BCUT2D eigenvalue weighted by Crippen LogP contribution is 2.18. The summed E-state index contributed by atoms with van der Waals surface area (Å²) in [5.74, 6) is 0. The fourth-order valence-electron chi connectivity index (χ4n) is 1.84. The molecule has 0 bridgehead atoms. The monoisotopic (exact) mass is 220 g/mol. The summed E-state index contributed by atoms with van der Waals surface area (Å²) in [6, 6.07) is 18.4. The van der Waals surface area contributed by atoms with Crippen LogP contribution in [0.3, 0.4) is 0 Å². The molecule has 0 spiro atoms. The molecule has 2 nitrogen and oxygen atoms in total. The van der Waals surface area contributed by atoms with Gasteiger partial charge in [-0.15, -0.1) is 0 Å². The molecule has 0 saturated heterocycles. The van der Waals surface area contributed by atoms with E-state index in [2.05, 4.69) is 33.8 Å². The van der Waals surface area contributed by atoms with Gasteiger partial charge < -0.3 is 4.57 Å². The fourth-order valence-corrected chi connectivity index (χ4v) is 1.84. The van der Waals surface area contributed by atoms with Gasteiger partial charge in [0.25, 0.3) is 0 Å². The minimum absolute atomic E-state index is 1.01. The van der Waals surface area contributed by atoms with E-state index < -0.39 is 0 Å². The molecule has 2 aromatic heterocycles. The summed E-state index contributed by atoms with van der Waals surface area (Å²) < 4.78 is 2.09. The second-order valence-corrected chi connectivity index (χ2v) is 3.85. The lowest BCUT2D eigenvalue weighted by molar-refractivity contribution is 1.08. The standard InChI is InChI=1S/C15H12N2/c1-2-10-16-15(5-1)13-6-8-14(9-7-13)17-11-3-4-12-17/h1-12H. The van der Waals surface area contributed by atoms with Crippen molar-refractivity contribution in [2.24, 2.45) is 0 Å². The first kappa shape index (κ1) is 9.85. The van der Waals surface area contributed by atoms with Gasteiger partial charge in [-0.25, -0.2) is 0 Å². The fraction of sp³-hybridized carbons (Fsp3) is 0. The molecular weight excluding hydrogens is 208 g/mol. The third kappa shape index (κ3) is 1.97. The van der Waals surface area contributed by atoms with Gasteiger partial charge in [0.05, 0.1) is 5.69 Å². The maximum atomic E-state index is 4.33. The van der Waals surface area contributed by atoms with Crippen molar-refractivity contribution in [3.05, 3.63) is 73.2 Å². The van der Waals surface area contributed by atoms with E-state index in [1.54, 1.807) is 0 Å². The Morgan fingerprint density at radius 3 is 2.18 bits per heavy atom. The highest BCUT2D eigenvalue weighted by molar-refractivity contribution is 5.60. The minimum Gasteiger partial charge on any atom is -0.324 e. The molecule has 0 N–H and O–H groups in total. The van der Waals surface area contributed by atoms with E-state index in [4.69, 9.17) is 0 Å². The summed E-state index contributed by atoms with van der Waals surface area (Å²) in [6.07, 6.45) is 5.89. The lowest BCUT2D eigenvalue weighted by atomic mass is 10.1. The second-order valence-electron chi connectivity index (χ2n) is 3.85. The molecule has 3 aromatic rings. The van der Waals surface area contributed by atoms with Crippen LogP contribution in [0, 0.1) is 0 Å². The van der Waals surface area contributed by atoms with E-state index in [0.717, 1.165) is 16.9 Å². The molecule has 0 unspecified atom stereocenters. The van der Waals surface area contributed by atoms with Crippen LogP contribution in [0.25, 0.3) is 16.9 Å². The van der Waals surface area contributed by atoms with E-state index in [-0.39, 0.29) is 0 Å². The van der Waals surface area contributed by atoms with Crippen molar-refractivity contribution >= 4 is 0 Å². The molecule has 0 aliphatic heterocycles. The first-order valence-electron chi connectivity index (χ1n) is 5.58. The first-order valence-corrected chi connectivity index (χ1v) is 5.58. The van der Waals surface area contributed by atoms with Crippen molar-refractivity contribution in [1.29, 1.82) is 0 Å². The Balaban J connectivity index is 1.96. The molecule has 2 heteroatoms. The Morgan fingerprint density at radius 1 is 0.765 bits per heavy atom. The quantitative estimate of drug-likeness (QED) is 0.646. The molecular formula is C15H12N2. The van der Waals surface area contributed by atoms with Gasteiger partial charge in [0, 0.05) is 29.8 Å². The van der Waals surface area contributed by atoms with Crippen LogP contribution in [0.4, 0.5) is 0 Å². The zero-order chi connectivity index (χ0) is 11.5. The first-order chi connectivity index (χ1) is 8.43. The van der Waals surface area contributed by atoms with Crippen molar-refractivity contribution in [2.75, 3.05) is 0 Å². The van der Waals surface area contributed by atoms with Gasteiger partial charge in [-0.2, -0.15) is 0 Å². The minimum atomic E-state index is 1.01. The van der Waals surface area contributed by atoms with Gasteiger partial charge in [0.15, 0.2) is 0 Å². The molecule has 0 aliphatic carbocycles. The summed E-state index contributed by atoms with van der Waals surface area (Å²) >= 11 is 0. The number of aromatic nitrogens is 2. The average Bonchev–Trinajstić information content (AvgIpc) is 2.94. The Morgan fingerprint density at radius 2 is 1.53 bits per heavy atom. The SMILES string of the molecule is c1ccc(-c2ccc(-n3cccc3)cc2)nc1. The van der Waals surface area contributed by atoms with Gasteiger partial charge >= 0.3 is 0 Å². The molecule has 1 aromatic carbocycles. The molecule has 0 aliphatic rings. The highest BCUT2D eigenvalue weighted by Gasteiger charge is 1.98. The summed E-state index contributed by atoms with van der Waals surface area (Å²) in [5.41, 5.74) is 3.31. The van der Waals surface area contributed by atoms with E-state index in [0.29, 0.717) is 0 Å². The van der Waals surface area contributed by atoms with Crippen molar-refractivity contribution in [3.63, 3.8) is 0 Å². The molecule has 82 valence electrons. The molecule has 3 rings (SSSR count). The van der Waals surface area contributed by atoms with Crippen LogP contribution >= 0.6 is 0 Å². The van der Waals surface area contributed by atoms with Crippen LogP contribution < -0.4 is 0 Å². The molecule has 17 heavy (non-hydrogen) atoms. The molecule has 0 radical (unpaired) electrons. The number of rotatable bonds is 2. The number of hydrogen-bond acceptors (Lipinski definition) is 1. The maximum Gasteiger partial charge on any atom is 0.0701 e. The van der Waals surface area contributed by atoms with Crippen LogP contribution in [-0.2, 0) is 0 Å². The van der Waals surface area contributed by atoms with Gasteiger partial charge in [-0.1, -0.05) is 18.2 Å². The third-order valence-corrected chi connectivity index (χ3v) is 2.73. The van der Waals surface area contributed by atoms with E-state index in [1.165, 1.54) is 0 Å². The largest absolute Gasteiger partial charge is 0.324 e. The van der Waals surface area contributed by atoms with Crippen LogP contribution in [-0.4, -0.2) is 9.55 Å². The Bertz CT molecular complexity index is 581. The lowest BCUT2D eigenvalue weighted by Gasteiger charge is -2.04. The average molecular weight is 220 g/mol. The van der Waals surface area contributed by atoms with Crippen LogP contribution in [0.5, 0.6) is 0 Å². The predicted octanol–water partition coefficient (Wildman–Crippen LogP) is 3.54. The van der Waals surface area contributed by atoms with Gasteiger partial charge in [0.1, 0.15) is 0 Å². The highest BCUT2D eigenvalue weighted by atomic mass is 14.9. The topological polar surface area (TPSA) is 17.8 Å². The zero-order valence-corrected chi connectivity index (χ0v) is 9.32. The smallest absolute Gasteiger partial charge is 0.0701 e. The lowest BCUT2D eigenvalue weighted by Crippen LogP contribution is -1.89. The van der Waals surface area contributed by atoms with E-state index in [9.17, 15) is 0 Å². The summed E-state index contributed by atoms with van der Waals surface area (Å²) in [5, 5.41) is 0. The summed E-state index contributed by atoms with van der Waals surface area (Å²) in [4.78, 5) is 4.33. The number of nitrogens with zero attached hydrogens (tertiary/aromatic N) is 2. The number of hydrogen-bond donors (Lipinski definition) is 0. The zero-order valence-electron chi connectivity index (χ0n) is 9.32. The van der Waals surface area contributed by atoms with Crippen molar-refractivity contribution in [3.8, 4) is 16.9 Å². The van der Waals surface area contributed by atoms with E-state index >= 15 is 0 Å². The summed E-state index contributed by atoms with van der Waals surface area (Å²) in [7, 11) is 0. The van der Waals surface area contributed by atoms with Crippen molar-refractivity contribution < 1.29 is 0 Å². The summed E-state index contributed by atoms with van der Waals surface area (Å²) in [6.45, 7) is 0. The molecule has 0 fully saturated rings. The molecule has 0 saturated carbocycles. The second kappa shape index (κ2) is 4.26. The molecule has 2 heterocycles. The predicted molar refractivity (Wildman–Crippen MR) is 69.0 cm³/mol. The van der Waals surface area contributed by atoms with Crippen molar-refractivity contribution in [2.45, 2.75) is 0 Å². The molecule has 0 amide bonds. The van der Waals surface area contributed by atoms with Crippen LogP contribution in [0.15, 0.2) is 73.2 Å². The Hall–Kier alpha value is -2.35. The van der Waals surface area contributed by atoms with E-state index in [1.807, 2.05) is 48.9 Å². The van der Waals surface area contributed by atoms with Gasteiger partial charge in [-0.3, -0.25) is 4.98 Å². The number of pyridine rings is 1. The number of benzene rings is 1. The molecule has 0 atom stereocenters. The van der Waals surface area contributed by atoms with Crippen LogP contribution in [0.1, 0.15) is 0 Å². The van der Waals surface area contributed by atoms with Gasteiger partial charge in [0.2, 0.25) is 0 Å². The van der Waals surface area contributed by atoms with Crippen LogP contribution in [0.2, 0.25) is 0 Å². The Kier molecular flexibility index (Phi) is 2.47. The Labute approximate surface area is 100 Å². The maximum absolute atomic E-state index is 4.33. The van der Waals surface area contributed by atoms with Crippen molar-refractivity contribution in [1.82, 2.24) is 9.55 Å².